The van der Waals surface area contributed by atoms with Crippen molar-refractivity contribution >= 4 is 15.9 Å². The van der Waals surface area contributed by atoms with Crippen LogP contribution in [0.25, 0.3) is 11.3 Å². The zero-order valence-electron chi connectivity index (χ0n) is 8.50. The van der Waals surface area contributed by atoms with Gasteiger partial charge in [-0.25, -0.2) is 0 Å². The minimum atomic E-state index is -4.35. The zero-order chi connectivity index (χ0) is 12.5. The second-order valence-electron chi connectivity index (χ2n) is 3.41. The number of pyridine rings is 1. The van der Waals surface area contributed by atoms with E-state index in [-0.39, 0.29) is 0 Å². The Kier molecular flexibility index (Phi) is 3.19. The van der Waals surface area contributed by atoms with E-state index in [2.05, 4.69) is 20.9 Å². The van der Waals surface area contributed by atoms with Crippen molar-refractivity contribution in [1.82, 2.24) is 4.98 Å². The van der Waals surface area contributed by atoms with Gasteiger partial charge in [-0.3, -0.25) is 4.98 Å². The van der Waals surface area contributed by atoms with Crippen LogP contribution in [0.1, 0.15) is 5.56 Å². The minimum Gasteiger partial charge on any atom is -0.256 e. The van der Waals surface area contributed by atoms with Crippen LogP contribution in [0.15, 0.2) is 47.1 Å². The van der Waals surface area contributed by atoms with Crippen LogP contribution in [0, 0.1) is 0 Å². The summed E-state index contributed by atoms with van der Waals surface area (Å²) in [4.78, 5) is 3.83. The number of alkyl halides is 3. The minimum absolute atomic E-state index is 0.505. The highest BCUT2D eigenvalue weighted by molar-refractivity contribution is 9.10. The quantitative estimate of drug-likeness (QED) is 0.754. The van der Waals surface area contributed by atoms with Crippen LogP contribution in [0.3, 0.4) is 0 Å². The van der Waals surface area contributed by atoms with Crippen LogP contribution in [0.4, 0.5) is 13.2 Å². The lowest BCUT2D eigenvalue weighted by Gasteiger charge is -2.07. The van der Waals surface area contributed by atoms with E-state index in [0.717, 1.165) is 22.3 Å². The second-order valence-corrected chi connectivity index (χ2v) is 4.26. The maximum Gasteiger partial charge on any atom is 0.417 e. The Bertz CT molecular complexity index is 520. The highest BCUT2D eigenvalue weighted by atomic mass is 79.9. The molecule has 5 heteroatoms. The Morgan fingerprint density at radius 1 is 1.00 bits per heavy atom. The lowest BCUT2D eigenvalue weighted by Crippen LogP contribution is -2.05. The smallest absolute Gasteiger partial charge is 0.256 e. The summed E-state index contributed by atoms with van der Waals surface area (Å²) in [6.45, 7) is 0. The van der Waals surface area contributed by atoms with Gasteiger partial charge in [0.1, 0.15) is 0 Å². The number of hydrogen-bond acceptors (Lipinski definition) is 1. The molecule has 0 saturated carbocycles. The first-order valence-corrected chi connectivity index (χ1v) is 5.56. The maximum absolute atomic E-state index is 12.4. The molecule has 0 aliphatic rings. The maximum atomic E-state index is 12.4. The molecular weight excluding hydrogens is 295 g/mol. The van der Waals surface area contributed by atoms with E-state index in [4.69, 9.17) is 0 Å². The fourth-order valence-electron chi connectivity index (χ4n) is 1.39. The van der Waals surface area contributed by atoms with E-state index in [1.54, 1.807) is 12.1 Å². The molecule has 1 aromatic carbocycles. The molecule has 2 rings (SSSR count). The topological polar surface area (TPSA) is 12.9 Å². The Labute approximate surface area is 104 Å². The summed E-state index contributed by atoms with van der Waals surface area (Å²) >= 11 is 3.33. The van der Waals surface area contributed by atoms with Crippen molar-refractivity contribution in [2.75, 3.05) is 0 Å². The Morgan fingerprint density at radius 3 is 2.24 bits per heavy atom. The third kappa shape index (κ3) is 2.66. The summed E-state index contributed by atoms with van der Waals surface area (Å²) in [6, 6.07) is 9.64. The SMILES string of the molecule is FC(F)(F)c1ccc(-c2ccccc2Br)nc1. The summed E-state index contributed by atoms with van der Waals surface area (Å²) in [5.41, 5.74) is 0.528. The average Bonchev–Trinajstić information content (AvgIpc) is 2.29. The van der Waals surface area contributed by atoms with Crippen molar-refractivity contribution < 1.29 is 13.2 Å². The molecule has 2 aromatic rings. The molecule has 0 spiro atoms. The summed E-state index contributed by atoms with van der Waals surface area (Å²) < 4.78 is 37.9. The lowest BCUT2D eigenvalue weighted by atomic mass is 10.1. The number of hydrogen-bond donors (Lipinski definition) is 0. The van der Waals surface area contributed by atoms with Gasteiger partial charge >= 0.3 is 6.18 Å². The van der Waals surface area contributed by atoms with Gasteiger partial charge in [0.15, 0.2) is 0 Å². The van der Waals surface area contributed by atoms with Gasteiger partial charge in [0.2, 0.25) is 0 Å². The number of rotatable bonds is 1. The first-order valence-electron chi connectivity index (χ1n) is 4.76. The molecule has 0 saturated heterocycles. The predicted molar refractivity (Wildman–Crippen MR) is 62.4 cm³/mol. The van der Waals surface area contributed by atoms with E-state index in [0.29, 0.717) is 5.69 Å². The van der Waals surface area contributed by atoms with Crippen molar-refractivity contribution in [3.63, 3.8) is 0 Å². The standard InChI is InChI=1S/C12H7BrF3N/c13-10-4-2-1-3-9(10)11-6-5-8(7-17-11)12(14,15)16/h1-7H. The van der Waals surface area contributed by atoms with Crippen LogP contribution in [0.2, 0.25) is 0 Å². The van der Waals surface area contributed by atoms with Crippen molar-refractivity contribution in [2.45, 2.75) is 6.18 Å². The number of nitrogens with zero attached hydrogens (tertiary/aromatic N) is 1. The van der Waals surface area contributed by atoms with Crippen molar-refractivity contribution in [1.29, 1.82) is 0 Å². The molecule has 88 valence electrons. The highest BCUT2D eigenvalue weighted by Crippen LogP contribution is 2.31. The van der Waals surface area contributed by atoms with Gasteiger partial charge in [-0.15, -0.1) is 0 Å². The van der Waals surface area contributed by atoms with Crippen molar-refractivity contribution in [3.8, 4) is 11.3 Å². The van der Waals surface area contributed by atoms with Gasteiger partial charge in [0.05, 0.1) is 11.3 Å². The van der Waals surface area contributed by atoms with Crippen molar-refractivity contribution in [2.24, 2.45) is 0 Å². The lowest BCUT2D eigenvalue weighted by molar-refractivity contribution is -0.137. The first kappa shape index (κ1) is 12.1. The number of halogens is 4. The van der Waals surface area contributed by atoms with Crippen molar-refractivity contribution in [3.05, 3.63) is 52.6 Å². The molecule has 0 unspecified atom stereocenters. The van der Waals surface area contributed by atoms with Gasteiger partial charge in [0, 0.05) is 16.2 Å². The van der Waals surface area contributed by atoms with Gasteiger partial charge in [-0.1, -0.05) is 34.1 Å². The molecule has 0 radical (unpaired) electrons. The summed E-state index contributed by atoms with van der Waals surface area (Å²) in [5.74, 6) is 0. The average molecular weight is 302 g/mol. The number of benzene rings is 1. The van der Waals surface area contributed by atoms with E-state index in [9.17, 15) is 13.2 Å². The van der Waals surface area contributed by atoms with Crippen LogP contribution >= 0.6 is 15.9 Å². The molecule has 17 heavy (non-hydrogen) atoms. The molecule has 0 amide bonds. The van der Waals surface area contributed by atoms with Crippen LogP contribution in [0.5, 0.6) is 0 Å². The third-order valence-corrected chi connectivity index (χ3v) is 2.93. The van der Waals surface area contributed by atoms with Crippen LogP contribution in [-0.2, 0) is 6.18 Å². The summed E-state index contributed by atoms with van der Waals surface area (Å²) in [7, 11) is 0. The Hall–Kier alpha value is -1.36. The molecular formula is C12H7BrF3N. The molecule has 1 aromatic heterocycles. The third-order valence-electron chi connectivity index (χ3n) is 2.24. The van der Waals surface area contributed by atoms with E-state index in [1.165, 1.54) is 6.07 Å². The molecule has 0 atom stereocenters. The highest BCUT2D eigenvalue weighted by Gasteiger charge is 2.30. The van der Waals surface area contributed by atoms with E-state index in [1.807, 2.05) is 12.1 Å². The monoisotopic (exact) mass is 301 g/mol. The van der Waals surface area contributed by atoms with E-state index >= 15 is 0 Å². The molecule has 0 bridgehead atoms. The van der Waals surface area contributed by atoms with Gasteiger partial charge in [-0.05, 0) is 18.2 Å². The fraction of sp³-hybridized carbons (Fsp3) is 0.0833. The molecule has 1 heterocycles. The van der Waals surface area contributed by atoms with Gasteiger partial charge in [0.25, 0.3) is 0 Å². The predicted octanol–water partition coefficient (Wildman–Crippen LogP) is 4.53. The normalized spacial score (nSPS) is 11.5. The Balaban J connectivity index is 2.40. The fourth-order valence-corrected chi connectivity index (χ4v) is 1.88. The first-order chi connectivity index (χ1) is 7.98. The molecule has 0 fully saturated rings. The van der Waals surface area contributed by atoms with Crippen LogP contribution in [-0.4, -0.2) is 4.98 Å². The summed E-state index contributed by atoms with van der Waals surface area (Å²) in [5, 5.41) is 0. The largest absolute Gasteiger partial charge is 0.417 e. The molecule has 0 aliphatic heterocycles. The Morgan fingerprint density at radius 2 is 1.71 bits per heavy atom. The summed E-state index contributed by atoms with van der Waals surface area (Å²) in [6.07, 6.45) is -3.51. The molecule has 0 aliphatic carbocycles. The number of aromatic nitrogens is 1. The second kappa shape index (κ2) is 4.49. The van der Waals surface area contributed by atoms with Crippen LogP contribution < -0.4 is 0 Å². The van der Waals surface area contributed by atoms with E-state index < -0.39 is 11.7 Å². The van der Waals surface area contributed by atoms with Gasteiger partial charge < -0.3 is 0 Å². The molecule has 1 nitrogen and oxygen atoms in total. The van der Waals surface area contributed by atoms with Gasteiger partial charge in [-0.2, -0.15) is 13.2 Å². The molecule has 0 N–H and O–H groups in total. The zero-order valence-corrected chi connectivity index (χ0v) is 10.1.